The Morgan fingerprint density at radius 2 is 2.12 bits per heavy atom. The average Bonchev–Trinajstić information content (AvgIpc) is 2.83. The molecule has 3 nitrogen and oxygen atoms in total. The van der Waals surface area contributed by atoms with E-state index in [2.05, 4.69) is 24.0 Å². The number of imidazole rings is 1. The van der Waals surface area contributed by atoms with Crippen molar-refractivity contribution in [2.45, 2.75) is 6.92 Å². The number of rotatable bonds is 1. The maximum absolute atomic E-state index is 5.79. The number of nitrogen functional groups attached to an aromatic ring is 1. The normalized spacial score (nSPS) is 11.1. The minimum atomic E-state index is 0.750. The molecule has 0 aliphatic rings. The predicted molar refractivity (Wildman–Crippen MR) is 67.7 cm³/mol. The van der Waals surface area contributed by atoms with E-state index < -0.39 is 0 Å². The summed E-state index contributed by atoms with van der Waals surface area (Å²) in [5, 5.41) is 0. The number of fused-ring (bicyclic) bond motifs is 1. The van der Waals surface area contributed by atoms with Crippen molar-refractivity contribution >= 4 is 22.5 Å². The summed E-state index contributed by atoms with van der Waals surface area (Å²) in [5.41, 5.74) is 7.61. The topological polar surface area (TPSA) is 43.3 Å². The van der Waals surface area contributed by atoms with E-state index in [4.69, 9.17) is 5.73 Å². The molecule has 2 N–H and O–H groups in total. The number of anilines is 1. The molecule has 0 fully saturated rings. The maximum atomic E-state index is 5.79. The number of thiophene rings is 1. The van der Waals surface area contributed by atoms with Crippen LogP contribution in [0.4, 0.5) is 5.69 Å². The van der Waals surface area contributed by atoms with Crippen LogP contribution >= 0.6 is 11.3 Å². The predicted octanol–water partition coefficient (Wildman–Crippen LogP) is 2.95. The molecule has 0 unspecified atom stereocenters. The number of aryl methyl sites for hydroxylation is 1. The Bertz CT molecular complexity index is 651. The smallest absolute Gasteiger partial charge is 0.154 e. The molecule has 0 aliphatic heterocycles. The van der Waals surface area contributed by atoms with Gasteiger partial charge in [-0.05, 0) is 31.2 Å². The number of nitrogens with zero attached hydrogens (tertiary/aromatic N) is 2. The second-order valence-corrected chi connectivity index (χ2v) is 5.04. The lowest BCUT2D eigenvalue weighted by Crippen LogP contribution is -1.91. The highest BCUT2D eigenvalue weighted by molar-refractivity contribution is 7.15. The van der Waals surface area contributed by atoms with Gasteiger partial charge in [0.1, 0.15) is 0 Å². The Kier molecular flexibility index (Phi) is 1.97. The molecule has 0 aromatic carbocycles. The Morgan fingerprint density at radius 3 is 2.88 bits per heavy atom. The Balaban J connectivity index is 2.27. The SMILES string of the molecule is Cc1ccc(-c2ncc3ccc(N)cn23)s1. The first-order valence-electron chi connectivity index (χ1n) is 5.03. The largest absolute Gasteiger partial charge is 0.398 e. The van der Waals surface area contributed by atoms with Gasteiger partial charge in [0, 0.05) is 16.8 Å². The zero-order valence-electron chi connectivity index (χ0n) is 8.84. The van der Waals surface area contributed by atoms with Crippen molar-refractivity contribution in [2.24, 2.45) is 0 Å². The molecule has 0 bridgehead atoms. The molecule has 0 spiro atoms. The summed E-state index contributed by atoms with van der Waals surface area (Å²) in [7, 11) is 0. The molecule has 0 saturated carbocycles. The van der Waals surface area contributed by atoms with Crippen molar-refractivity contribution in [3.63, 3.8) is 0 Å². The minimum Gasteiger partial charge on any atom is -0.398 e. The van der Waals surface area contributed by atoms with Crippen LogP contribution in [0, 0.1) is 6.92 Å². The summed E-state index contributed by atoms with van der Waals surface area (Å²) in [5.74, 6) is 0.959. The van der Waals surface area contributed by atoms with Crippen LogP contribution in [0.1, 0.15) is 4.88 Å². The van der Waals surface area contributed by atoms with Crippen molar-refractivity contribution in [1.82, 2.24) is 9.38 Å². The van der Waals surface area contributed by atoms with Crippen molar-refractivity contribution < 1.29 is 0 Å². The van der Waals surface area contributed by atoms with Crippen LogP contribution in [0.2, 0.25) is 0 Å². The molecular formula is C12H11N3S. The lowest BCUT2D eigenvalue weighted by atomic mass is 10.3. The van der Waals surface area contributed by atoms with Gasteiger partial charge in [-0.3, -0.25) is 4.40 Å². The first-order chi connectivity index (χ1) is 7.74. The highest BCUT2D eigenvalue weighted by Gasteiger charge is 2.07. The molecule has 3 aromatic rings. The molecule has 0 radical (unpaired) electrons. The van der Waals surface area contributed by atoms with Crippen molar-refractivity contribution in [3.05, 3.63) is 41.5 Å². The van der Waals surface area contributed by atoms with E-state index in [1.807, 2.05) is 28.9 Å². The molecule has 0 amide bonds. The van der Waals surface area contributed by atoms with Gasteiger partial charge in [-0.15, -0.1) is 11.3 Å². The Hall–Kier alpha value is -1.81. The first kappa shape index (κ1) is 9.42. The van der Waals surface area contributed by atoms with E-state index in [1.54, 1.807) is 11.3 Å². The van der Waals surface area contributed by atoms with Gasteiger partial charge >= 0.3 is 0 Å². The molecule has 4 heteroatoms. The number of hydrogen-bond donors (Lipinski definition) is 1. The number of pyridine rings is 1. The van der Waals surface area contributed by atoms with E-state index >= 15 is 0 Å². The van der Waals surface area contributed by atoms with Crippen molar-refractivity contribution in [3.8, 4) is 10.7 Å². The summed E-state index contributed by atoms with van der Waals surface area (Å²) in [6.45, 7) is 2.10. The van der Waals surface area contributed by atoms with Gasteiger partial charge in [-0.25, -0.2) is 4.98 Å². The van der Waals surface area contributed by atoms with E-state index in [0.29, 0.717) is 0 Å². The van der Waals surface area contributed by atoms with E-state index in [1.165, 1.54) is 9.75 Å². The van der Waals surface area contributed by atoms with Crippen molar-refractivity contribution in [1.29, 1.82) is 0 Å². The third-order valence-corrected chi connectivity index (χ3v) is 3.51. The number of nitrogens with two attached hydrogens (primary N) is 1. The number of hydrogen-bond acceptors (Lipinski definition) is 3. The Labute approximate surface area is 97.2 Å². The fourth-order valence-electron chi connectivity index (χ4n) is 1.74. The average molecular weight is 229 g/mol. The lowest BCUT2D eigenvalue weighted by Gasteiger charge is -1.99. The quantitative estimate of drug-likeness (QED) is 0.697. The highest BCUT2D eigenvalue weighted by Crippen LogP contribution is 2.27. The van der Waals surface area contributed by atoms with Gasteiger partial charge in [0.05, 0.1) is 16.6 Å². The lowest BCUT2D eigenvalue weighted by molar-refractivity contribution is 1.17. The van der Waals surface area contributed by atoms with Gasteiger partial charge < -0.3 is 5.73 Å². The summed E-state index contributed by atoms with van der Waals surface area (Å²) in [4.78, 5) is 6.90. The first-order valence-corrected chi connectivity index (χ1v) is 5.85. The van der Waals surface area contributed by atoms with Crippen LogP contribution in [0.3, 0.4) is 0 Å². The molecule has 3 rings (SSSR count). The molecule has 3 heterocycles. The van der Waals surface area contributed by atoms with Gasteiger partial charge in [0.2, 0.25) is 0 Å². The molecular weight excluding hydrogens is 218 g/mol. The van der Waals surface area contributed by atoms with Crippen LogP contribution in [-0.4, -0.2) is 9.38 Å². The molecule has 0 aliphatic carbocycles. The summed E-state index contributed by atoms with van der Waals surface area (Å²) >= 11 is 1.74. The Morgan fingerprint density at radius 1 is 1.25 bits per heavy atom. The van der Waals surface area contributed by atoms with Crippen LogP contribution in [0.5, 0.6) is 0 Å². The van der Waals surface area contributed by atoms with Gasteiger partial charge in [-0.1, -0.05) is 0 Å². The zero-order chi connectivity index (χ0) is 11.1. The fourth-order valence-corrected chi connectivity index (χ4v) is 2.61. The van der Waals surface area contributed by atoms with Gasteiger partial charge in [0.15, 0.2) is 5.82 Å². The third-order valence-electron chi connectivity index (χ3n) is 2.51. The third kappa shape index (κ3) is 1.39. The van der Waals surface area contributed by atoms with Crippen LogP contribution in [-0.2, 0) is 0 Å². The molecule has 0 atom stereocenters. The zero-order valence-corrected chi connectivity index (χ0v) is 9.66. The number of aromatic nitrogens is 2. The molecule has 0 saturated heterocycles. The molecule has 3 aromatic heterocycles. The van der Waals surface area contributed by atoms with Crippen LogP contribution in [0.25, 0.3) is 16.2 Å². The van der Waals surface area contributed by atoms with E-state index in [9.17, 15) is 0 Å². The van der Waals surface area contributed by atoms with Gasteiger partial charge in [-0.2, -0.15) is 0 Å². The summed E-state index contributed by atoms with van der Waals surface area (Å²) < 4.78 is 2.03. The van der Waals surface area contributed by atoms with E-state index in [0.717, 1.165) is 17.0 Å². The second-order valence-electron chi connectivity index (χ2n) is 3.75. The summed E-state index contributed by atoms with van der Waals surface area (Å²) in [6.07, 6.45) is 3.77. The maximum Gasteiger partial charge on any atom is 0.154 e. The standard InChI is InChI=1S/C12H11N3S/c1-8-2-5-11(16-8)12-14-6-10-4-3-9(13)7-15(10)12/h2-7H,13H2,1H3. The second kappa shape index (κ2) is 3.35. The monoisotopic (exact) mass is 229 g/mol. The van der Waals surface area contributed by atoms with Crippen molar-refractivity contribution in [2.75, 3.05) is 5.73 Å². The van der Waals surface area contributed by atoms with Crippen LogP contribution < -0.4 is 5.73 Å². The molecule has 16 heavy (non-hydrogen) atoms. The minimum absolute atomic E-state index is 0.750. The highest BCUT2D eigenvalue weighted by atomic mass is 32.1. The molecule has 80 valence electrons. The van der Waals surface area contributed by atoms with Gasteiger partial charge in [0.25, 0.3) is 0 Å². The van der Waals surface area contributed by atoms with E-state index in [-0.39, 0.29) is 0 Å². The fraction of sp³-hybridized carbons (Fsp3) is 0.0833. The summed E-state index contributed by atoms with van der Waals surface area (Å²) in [6, 6.07) is 8.07. The van der Waals surface area contributed by atoms with Crippen LogP contribution in [0.15, 0.2) is 36.7 Å².